The number of phosphoric ester groups is 2. The maximum atomic E-state index is 13.0. The largest absolute Gasteiger partial charge is 0.472 e. The van der Waals surface area contributed by atoms with Crippen molar-refractivity contribution >= 4 is 39.5 Å². The van der Waals surface area contributed by atoms with Crippen LogP contribution >= 0.6 is 15.6 Å². The van der Waals surface area contributed by atoms with E-state index in [-0.39, 0.29) is 25.7 Å². The molecule has 0 spiro atoms. The number of esters is 4. The summed E-state index contributed by atoms with van der Waals surface area (Å²) in [7, 11) is -9.90. The molecular weight excluding hydrogens is 1190 g/mol. The maximum absolute atomic E-state index is 13.0. The zero-order valence-electron chi connectivity index (χ0n) is 58.8. The third-order valence-electron chi connectivity index (χ3n) is 17.0. The van der Waals surface area contributed by atoms with Gasteiger partial charge in [-0.3, -0.25) is 37.3 Å². The third kappa shape index (κ3) is 62.2. The Morgan fingerprint density at radius 1 is 0.311 bits per heavy atom. The number of aliphatic hydroxyl groups excluding tert-OH is 1. The highest BCUT2D eigenvalue weighted by atomic mass is 31.2. The summed E-state index contributed by atoms with van der Waals surface area (Å²) in [6.07, 6.45) is 43.5. The second-order valence-corrected chi connectivity index (χ2v) is 30.0. The Hall–Kier alpha value is -1.94. The molecule has 534 valence electrons. The van der Waals surface area contributed by atoms with Crippen LogP contribution in [0.5, 0.6) is 0 Å². The first-order valence-corrected chi connectivity index (χ1v) is 39.8. The van der Waals surface area contributed by atoms with Gasteiger partial charge in [0.15, 0.2) is 12.2 Å². The number of unbranched alkanes of at least 4 members (excludes halogenated alkanes) is 32. The van der Waals surface area contributed by atoms with Crippen LogP contribution in [0.15, 0.2) is 0 Å². The lowest BCUT2D eigenvalue weighted by Gasteiger charge is -2.21. The molecule has 90 heavy (non-hydrogen) atoms. The van der Waals surface area contributed by atoms with Gasteiger partial charge in [0.1, 0.15) is 19.3 Å². The summed E-state index contributed by atoms with van der Waals surface area (Å²) < 4.78 is 68.2. The topological polar surface area (TPSA) is 237 Å². The van der Waals surface area contributed by atoms with Gasteiger partial charge in [-0.25, -0.2) is 9.13 Å². The minimum atomic E-state index is -4.95. The predicted molar refractivity (Wildman–Crippen MR) is 363 cm³/mol. The number of carbonyl (C=O) groups is 4. The molecule has 0 saturated heterocycles. The van der Waals surface area contributed by atoms with Crippen LogP contribution in [0.4, 0.5) is 0 Å². The molecule has 0 bridgehead atoms. The highest BCUT2D eigenvalue weighted by Gasteiger charge is 2.30. The van der Waals surface area contributed by atoms with E-state index in [1.807, 2.05) is 0 Å². The van der Waals surface area contributed by atoms with Crippen LogP contribution < -0.4 is 0 Å². The van der Waals surface area contributed by atoms with Crippen LogP contribution in [0.25, 0.3) is 0 Å². The summed E-state index contributed by atoms with van der Waals surface area (Å²) in [5.41, 5.74) is 0. The summed E-state index contributed by atoms with van der Waals surface area (Å²) in [6, 6.07) is 0. The van der Waals surface area contributed by atoms with Crippen LogP contribution in [0, 0.1) is 23.7 Å². The van der Waals surface area contributed by atoms with Crippen molar-refractivity contribution in [1.82, 2.24) is 0 Å². The minimum absolute atomic E-state index is 0.101. The zero-order valence-corrected chi connectivity index (χ0v) is 60.6. The molecule has 0 amide bonds. The molecule has 0 aromatic heterocycles. The van der Waals surface area contributed by atoms with Gasteiger partial charge in [-0.1, -0.05) is 299 Å². The van der Waals surface area contributed by atoms with E-state index in [2.05, 4.69) is 55.4 Å². The van der Waals surface area contributed by atoms with Gasteiger partial charge in [-0.15, -0.1) is 0 Å². The molecule has 19 heteroatoms. The van der Waals surface area contributed by atoms with Gasteiger partial charge in [0.2, 0.25) is 0 Å². The molecule has 7 atom stereocenters. The lowest BCUT2D eigenvalue weighted by molar-refractivity contribution is -0.161. The second kappa shape index (κ2) is 60.7. The first-order chi connectivity index (χ1) is 43.2. The van der Waals surface area contributed by atoms with Gasteiger partial charge in [0.25, 0.3) is 0 Å². The average molecular weight is 1330 g/mol. The fourth-order valence-electron chi connectivity index (χ4n) is 10.6. The van der Waals surface area contributed by atoms with E-state index >= 15 is 0 Å². The Labute approximate surface area is 549 Å². The van der Waals surface area contributed by atoms with Crippen molar-refractivity contribution in [2.24, 2.45) is 23.7 Å². The molecular formula is C71H138O17P2. The molecule has 0 saturated carbocycles. The normalized spacial score (nSPS) is 14.9. The van der Waals surface area contributed by atoms with Crippen LogP contribution in [0.1, 0.15) is 351 Å². The van der Waals surface area contributed by atoms with E-state index in [9.17, 15) is 43.2 Å². The van der Waals surface area contributed by atoms with Gasteiger partial charge < -0.3 is 33.8 Å². The number of rotatable bonds is 68. The van der Waals surface area contributed by atoms with Crippen molar-refractivity contribution in [2.75, 3.05) is 39.6 Å². The van der Waals surface area contributed by atoms with Crippen molar-refractivity contribution in [3.8, 4) is 0 Å². The SMILES string of the molecule is CCC(C)CCCCCCCCC(=O)OC[C@H](COP(=O)(O)OC[C@@H](O)COP(=O)(O)OC[C@@H](COC(=O)CCCCCCCCC(C)CC)OC(=O)CCCCCCCCC(C)C)OC(=O)CCCCCCCCCCCCCCCCCCCCC(C)C. The predicted octanol–water partition coefficient (Wildman–Crippen LogP) is 20.1. The van der Waals surface area contributed by atoms with E-state index in [1.165, 1.54) is 141 Å². The highest BCUT2D eigenvalue weighted by molar-refractivity contribution is 7.47. The Balaban J connectivity index is 5.15. The van der Waals surface area contributed by atoms with Gasteiger partial charge >= 0.3 is 39.5 Å². The minimum Gasteiger partial charge on any atom is -0.462 e. The zero-order chi connectivity index (χ0) is 66.8. The van der Waals surface area contributed by atoms with Crippen LogP contribution in [0.2, 0.25) is 0 Å². The van der Waals surface area contributed by atoms with E-state index in [4.69, 9.17) is 37.0 Å². The molecule has 0 aliphatic carbocycles. The molecule has 3 N–H and O–H groups in total. The molecule has 0 aliphatic rings. The van der Waals surface area contributed by atoms with Crippen LogP contribution in [-0.4, -0.2) is 96.7 Å². The monoisotopic (exact) mass is 1320 g/mol. The van der Waals surface area contributed by atoms with Crippen molar-refractivity contribution in [2.45, 2.75) is 369 Å². The Morgan fingerprint density at radius 3 is 0.789 bits per heavy atom. The van der Waals surface area contributed by atoms with Crippen LogP contribution in [-0.2, 0) is 65.4 Å². The smallest absolute Gasteiger partial charge is 0.462 e. The molecule has 0 aliphatic heterocycles. The molecule has 0 heterocycles. The number of ether oxygens (including phenoxy) is 4. The lowest BCUT2D eigenvalue weighted by Crippen LogP contribution is -2.30. The molecule has 0 rings (SSSR count). The van der Waals surface area contributed by atoms with Gasteiger partial charge in [0, 0.05) is 25.7 Å². The third-order valence-corrected chi connectivity index (χ3v) is 18.9. The van der Waals surface area contributed by atoms with Crippen molar-refractivity contribution in [1.29, 1.82) is 0 Å². The van der Waals surface area contributed by atoms with E-state index in [0.29, 0.717) is 31.6 Å². The standard InChI is InChI=1S/C71H138O17P2/c1-9-63(7)49-41-33-26-29-35-43-51-68(73)81-57-66(87-70(75)53-45-37-24-22-20-18-16-14-12-11-13-15-17-19-21-23-31-39-47-61(3)4)59-85-89(77,78)83-55-65(72)56-84-90(79,80)86-60-67(88-71(76)54-46-38-28-25-32-40-48-62(5)6)58-82-69(74)52-44-36-30-27-34-42-50-64(8)10-2/h61-67,72H,9-60H2,1-8H3,(H,77,78)(H,79,80)/t63?,64?,65-,66-,67-/m1/s1. The number of carbonyl (C=O) groups excluding carboxylic acids is 4. The Morgan fingerprint density at radius 2 is 0.533 bits per heavy atom. The summed E-state index contributed by atoms with van der Waals surface area (Å²) in [6.45, 7) is 14.0. The fourth-order valence-corrected chi connectivity index (χ4v) is 12.2. The quantitative estimate of drug-likeness (QED) is 0.0222. The molecule has 0 aromatic rings. The Bertz CT molecular complexity index is 1790. The number of hydrogen-bond acceptors (Lipinski definition) is 15. The first-order valence-electron chi connectivity index (χ1n) is 36.8. The highest BCUT2D eigenvalue weighted by Crippen LogP contribution is 2.45. The Kier molecular flexibility index (Phi) is 59.4. The van der Waals surface area contributed by atoms with Gasteiger partial charge in [-0.05, 0) is 49.4 Å². The molecule has 17 nitrogen and oxygen atoms in total. The van der Waals surface area contributed by atoms with Crippen molar-refractivity contribution in [3.05, 3.63) is 0 Å². The number of phosphoric acid groups is 2. The summed E-state index contributed by atoms with van der Waals surface area (Å²) in [4.78, 5) is 72.4. The van der Waals surface area contributed by atoms with E-state index < -0.39 is 97.5 Å². The molecule has 4 unspecified atom stereocenters. The number of hydrogen-bond donors (Lipinski definition) is 3. The van der Waals surface area contributed by atoms with Gasteiger partial charge in [-0.2, -0.15) is 0 Å². The molecule has 0 fully saturated rings. The fraction of sp³-hybridized carbons (Fsp3) is 0.944. The maximum Gasteiger partial charge on any atom is 0.472 e. The van der Waals surface area contributed by atoms with E-state index in [0.717, 1.165) is 120 Å². The molecule has 0 aromatic carbocycles. The molecule has 0 radical (unpaired) electrons. The van der Waals surface area contributed by atoms with Gasteiger partial charge in [0.05, 0.1) is 26.4 Å². The van der Waals surface area contributed by atoms with Crippen LogP contribution in [0.3, 0.4) is 0 Å². The second-order valence-electron chi connectivity index (χ2n) is 27.1. The number of aliphatic hydroxyl groups is 1. The first kappa shape index (κ1) is 88.1. The summed E-state index contributed by atoms with van der Waals surface area (Å²) in [5, 5.41) is 10.6. The summed E-state index contributed by atoms with van der Waals surface area (Å²) >= 11 is 0. The lowest BCUT2D eigenvalue weighted by atomic mass is 10.00. The average Bonchev–Trinajstić information content (AvgIpc) is 2.65. The van der Waals surface area contributed by atoms with E-state index in [1.54, 1.807) is 0 Å². The van der Waals surface area contributed by atoms with Crippen molar-refractivity contribution < 1.29 is 80.2 Å². The summed E-state index contributed by atoms with van der Waals surface area (Å²) in [5.74, 6) is 0.816. The van der Waals surface area contributed by atoms with Crippen molar-refractivity contribution in [3.63, 3.8) is 0 Å².